The van der Waals surface area contributed by atoms with Crippen LogP contribution >= 0.6 is 0 Å². The summed E-state index contributed by atoms with van der Waals surface area (Å²) in [5.74, 6) is 0.906. The highest BCUT2D eigenvalue weighted by Gasteiger charge is 2.21. The molecule has 1 saturated heterocycles. The number of rotatable bonds is 3. The quantitative estimate of drug-likeness (QED) is 0.707. The van der Waals surface area contributed by atoms with Gasteiger partial charge < -0.3 is 16.0 Å². The van der Waals surface area contributed by atoms with Gasteiger partial charge in [0.15, 0.2) is 6.54 Å². The molecule has 1 aliphatic rings. The second kappa shape index (κ2) is 6.06. The largest absolute Gasteiger partial charge is 0.399 e. The molecule has 2 rings (SSSR count). The van der Waals surface area contributed by atoms with Crippen molar-refractivity contribution in [2.24, 2.45) is 5.92 Å². The van der Waals surface area contributed by atoms with E-state index >= 15 is 0 Å². The number of aryl methyl sites for hydroxylation is 1. The van der Waals surface area contributed by atoms with E-state index in [1.807, 2.05) is 25.1 Å². The molecule has 4 N–H and O–H groups in total. The number of hydrogen-bond acceptors (Lipinski definition) is 2. The first kappa shape index (κ1) is 13.9. The zero-order valence-electron chi connectivity index (χ0n) is 11.8. The summed E-state index contributed by atoms with van der Waals surface area (Å²) in [7, 11) is 0. The normalized spacial score (nSPS) is 23.1. The number of nitrogen functional groups attached to an aromatic ring is 1. The minimum Gasteiger partial charge on any atom is -0.399 e. The minimum absolute atomic E-state index is 0.0948. The predicted octanol–water partition coefficient (Wildman–Crippen LogP) is 0.831. The standard InChI is InChI=1S/C15H23N3O/c1-11-5-7-18(8-6-11)10-15(19)17-14-4-3-13(16)9-12(14)2/h3-4,9,11H,5-8,10,16H2,1-2H3,(H,17,19)/p+1. The number of nitrogens with two attached hydrogens (primary N) is 1. The van der Waals surface area contributed by atoms with Crippen LogP contribution in [0.15, 0.2) is 18.2 Å². The molecule has 0 radical (unpaired) electrons. The van der Waals surface area contributed by atoms with Crippen LogP contribution in [0.5, 0.6) is 0 Å². The van der Waals surface area contributed by atoms with E-state index in [2.05, 4.69) is 12.2 Å². The molecule has 0 unspecified atom stereocenters. The van der Waals surface area contributed by atoms with E-state index in [9.17, 15) is 4.79 Å². The van der Waals surface area contributed by atoms with Crippen molar-refractivity contribution in [2.75, 3.05) is 30.7 Å². The molecule has 0 saturated carbocycles. The van der Waals surface area contributed by atoms with Gasteiger partial charge in [-0.3, -0.25) is 4.79 Å². The Morgan fingerprint density at radius 1 is 1.42 bits per heavy atom. The summed E-state index contributed by atoms with van der Waals surface area (Å²) >= 11 is 0. The molecule has 4 heteroatoms. The molecule has 0 aliphatic carbocycles. The lowest BCUT2D eigenvalue weighted by Gasteiger charge is -2.26. The lowest BCUT2D eigenvalue weighted by Crippen LogP contribution is -3.14. The average Bonchev–Trinajstić information content (AvgIpc) is 2.36. The highest BCUT2D eigenvalue weighted by Crippen LogP contribution is 2.17. The summed E-state index contributed by atoms with van der Waals surface area (Å²) in [4.78, 5) is 13.4. The van der Waals surface area contributed by atoms with Crippen LogP contribution in [0.4, 0.5) is 11.4 Å². The van der Waals surface area contributed by atoms with E-state index in [1.165, 1.54) is 17.7 Å². The van der Waals surface area contributed by atoms with Gasteiger partial charge in [-0.2, -0.15) is 0 Å². The lowest BCUT2D eigenvalue weighted by molar-refractivity contribution is -0.897. The molecule has 0 aromatic heterocycles. The molecule has 1 heterocycles. The summed E-state index contributed by atoms with van der Waals surface area (Å²) in [6, 6.07) is 5.57. The summed E-state index contributed by atoms with van der Waals surface area (Å²) in [5, 5.41) is 2.98. The van der Waals surface area contributed by atoms with E-state index in [0.717, 1.165) is 35.9 Å². The second-order valence-electron chi connectivity index (χ2n) is 5.73. The molecule has 1 aliphatic heterocycles. The van der Waals surface area contributed by atoms with Crippen LogP contribution in [0, 0.1) is 12.8 Å². The SMILES string of the molecule is Cc1cc(N)ccc1NC(=O)C[NH+]1CCC(C)CC1. The number of hydrogen-bond donors (Lipinski definition) is 3. The number of amides is 1. The van der Waals surface area contributed by atoms with E-state index in [1.54, 1.807) is 0 Å². The first-order chi connectivity index (χ1) is 9.04. The Balaban J connectivity index is 1.87. The van der Waals surface area contributed by atoms with Crippen LogP contribution in [0.3, 0.4) is 0 Å². The number of carbonyl (C=O) groups excluding carboxylic acids is 1. The van der Waals surface area contributed by atoms with Crippen molar-refractivity contribution in [2.45, 2.75) is 26.7 Å². The molecule has 1 fully saturated rings. The second-order valence-corrected chi connectivity index (χ2v) is 5.73. The van der Waals surface area contributed by atoms with Crippen molar-refractivity contribution >= 4 is 17.3 Å². The molecule has 4 nitrogen and oxygen atoms in total. The fourth-order valence-corrected chi connectivity index (χ4v) is 2.60. The van der Waals surface area contributed by atoms with Gasteiger partial charge in [0.1, 0.15) is 0 Å². The van der Waals surface area contributed by atoms with Gasteiger partial charge in [-0.15, -0.1) is 0 Å². The Bertz CT molecular complexity index is 451. The van der Waals surface area contributed by atoms with Crippen molar-refractivity contribution < 1.29 is 9.69 Å². The van der Waals surface area contributed by atoms with Crippen molar-refractivity contribution in [3.05, 3.63) is 23.8 Å². The van der Waals surface area contributed by atoms with E-state index < -0.39 is 0 Å². The first-order valence-corrected chi connectivity index (χ1v) is 7.04. The van der Waals surface area contributed by atoms with Crippen molar-refractivity contribution in [3.8, 4) is 0 Å². The fraction of sp³-hybridized carbons (Fsp3) is 0.533. The molecule has 0 atom stereocenters. The van der Waals surface area contributed by atoms with Crippen molar-refractivity contribution in [3.63, 3.8) is 0 Å². The maximum Gasteiger partial charge on any atom is 0.279 e. The molecule has 0 bridgehead atoms. The van der Waals surface area contributed by atoms with Crippen LogP contribution in [0.1, 0.15) is 25.3 Å². The number of nitrogens with one attached hydrogen (secondary N) is 2. The van der Waals surface area contributed by atoms with Gasteiger partial charge in [-0.1, -0.05) is 6.92 Å². The number of benzene rings is 1. The van der Waals surface area contributed by atoms with Gasteiger partial charge in [0.2, 0.25) is 0 Å². The molecule has 0 spiro atoms. The molecule has 1 aromatic rings. The van der Waals surface area contributed by atoms with E-state index in [4.69, 9.17) is 5.73 Å². The topological polar surface area (TPSA) is 59.6 Å². The Morgan fingerprint density at radius 2 is 2.11 bits per heavy atom. The number of quaternary nitrogens is 1. The summed E-state index contributed by atoms with van der Waals surface area (Å²) in [6.45, 7) is 7.02. The smallest absolute Gasteiger partial charge is 0.279 e. The van der Waals surface area contributed by atoms with Crippen LogP contribution in [0.25, 0.3) is 0 Å². The maximum atomic E-state index is 12.0. The third kappa shape index (κ3) is 3.96. The Labute approximate surface area is 115 Å². The maximum absolute atomic E-state index is 12.0. The van der Waals surface area contributed by atoms with Gasteiger partial charge in [0, 0.05) is 11.4 Å². The Hall–Kier alpha value is -1.55. The van der Waals surface area contributed by atoms with Gasteiger partial charge in [0.05, 0.1) is 13.1 Å². The number of anilines is 2. The fourth-order valence-electron chi connectivity index (χ4n) is 2.60. The lowest BCUT2D eigenvalue weighted by atomic mass is 9.99. The third-order valence-electron chi connectivity index (χ3n) is 3.92. The predicted molar refractivity (Wildman–Crippen MR) is 78.2 cm³/mol. The van der Waals surface area contributed by atoms with Gasteiger partial charge in [-0.25, -0.2) is 0 Å². The molecule has 104 valence electrons. The number of carbonyl (C=O) groups is 1. The van der Waals surface area contributed by atoms with Crippen LogP contribution in [-0.4, -0.2) is 25.5 Å². The van der Waals surface area contributed by atoms with Crippen molar-refractivity contribution in [1.82, 2.24) is 0 Å². The van der Waals surface area contributed by atoms with E-state index in [-0.39, 0.29) is 5.91 Å². The van der Waals surface area contributed by atoms with Crippen molar-refractivity contribution in [1.29, 1.82) is 0 Å². The molecule has 1 aromatic carbocycles. The molecule has 1 amide bonds. The summed E-state index contributed by atoms with van der Waals surface area (Å²) in [6.07, 6.45) is 2.45. The first-order valence-electron chi connectivity index (χ1n) is 7.04. The van der Waals surface area contributed by atoms with Gasteiger partial charge in [0.25, 0.3) is 5.91 Å². The van der Waals surface area contributed by atoms with Gasteiger partial charge >= 0.3 is 0 Å². The molecule has 19 heavy (non-hydrogen) atoms. The number of likely N-dealkylation sites (tertiary alicyclic amines) is 1. The van der Waals surface area contributed by atoms with Crippen LogP contribution in [0.2, 0.25) is 0 Å². The van der Waals surface area contributed by atoms with Crippen LogP contribution in [-0.2, 0) is 4.79 Å². The van der Waals surface area contributed by atoms with Gasteiger partial charge in [-0.05, 0) is 49.4 Å². The Kier molecular flexibility index (Phi) is 4.43. The zero-order chi connectivity index (χ0) is 13.8. The minimum atomic E-state index is 0.0948. The zero-order valence-corrected chi connectivity index (χ0v) is 11.8. The Morgan fingerprint density at radius 3 is 2.74 bits per heavy atom. The average molecular weight is 262 g/mol. The third-order valence-corrected chi connectivity index (χ3v) is 3.92. The molecular formula is C15H24N3O+. The highest BCUT2D eigenvalue weighted by molar-refractivity contribution is 5.92. The monoisotopic (exact) mass is 262 g/mol. The summed E-state index contributed by atoms with van der Waals surface area (Å²) in [5.41, 5.74) is 8.31. The summed E-state index contributed by atoms with van der Waals surface area (Å²) < 4.78 is 0. The van der Waals surface area contributed by atoms with Crippen LogP contribution < -0.4 is 16.0 Å². The molecular weight excluding hydrogens is 238 g/mol. The highest BCUT2D eigenvalue weighted by atomic mass is 16.2. The van der Waals surface area contributed by atoms with E-state index in [0.29, 0.717) is 6.54 Å². The number of piperidine rings is 1.